The lowest BCUT2D eigenvalue weighted by atomic mass is 10.1. The topological polar surface area (TPSA) is 82.3 Å². The Balaban J connectivity index is 1.43. The molecule has 1 aromatic carbocycles. The van der Waals surface area contributed by atoms with Crippen LogP contribution in [0.5, 0.6) is 5.75 Å². The van der Waals surface area contributed by atoms with Crippen molar-refractivity contribution in [2.75, 3.05) is 49.7 Å². The number of ether oxygens (including phenoxy) is 1. The first kappa shape index (κ1) is 24.0. The molecule has 2 aliphatic rings. The highest BCUT2D eigenvalue weighted by molar-refractivity contribution is 7.71. The number of hydrogen-bond donors (Lipinski definition) is 3. The molecule has 3 N–H and O–H groups in total. The van der Waals surface area contributed by atoms with Crippen molar-refractivity contribution in [1.29, 1.82) is 0 Å². The number of alkyl halides is 3. The highest BCUT2D eigenvalue weighted by Gasteiger charge is 2.37. The van der Waals surface area contributed by atoms with Gasteiger partial charge in [0.05, 0.1) is 23.7 Å². The van der Waals surface area contributed by atoms with Gasteiger partial charge >= 0.3 is 6.18 Å². The Kier molecular flexibility index (Phi) is 6.21. The first-order chi connectivity index (χ1) is 16.7. The monoisotopic (exact) mass is 507 g/mol. The summed E-state index contributed by atoms with van der Waals surface area (Å²) in [6.07, 6.45) is 0.256. The summed E-state index contributed by atoms with van der Waals surface area (Å²) in [5, 5.41) is 6.96. The molecule has 0 radical (unpaired) electrons. The van der Waals surface area contributed by atoms with E-state index in [1.807, 2.05) is 19.1 Å². The number of methoxy groups -OCH3 is 1. The van der Waals surface area contributed by atoms with E-state index in [2.05, 4.69) is 25.5 Å². The highest BCUT2D eigenvalue weighted by atomic mass is 31.2. The van der Waals surface area contributed by atoms with E-state index in [4.69, 9.17) is 4.74 Å². The van der Waals surface area contributed by atoms with E-state index in [0.717, 1.165) is 24.6 Å². The number of halogens is 3. The number of pyridine rings is 1. The van der Waals surface area contributed by atoms with Crippen LogP contribution in [0.4, 0.5) is 30.4 Å². The minimum Gasteiger partial charge on any atom is -0.495 e. The maximum Gasteiger partial charge on any atom is 0.418 e. The molecular formula is C24H29F3N5O2P. The Morgan fingerprint density at radius 1 is 1.20 bits per heavy atom. The summed E-state index contributed by atoms with van der Waals surface area (Å²) in [7, 11) is -0.968. The van der Waals surface area contributed by atoms with Gasteiger partial charge in [-0.15, -0.1) is 0 Å². The van der Waals surface area contributed by atoms with Gasteiger partial charge in [0.15, 0.2) is 0 Å². The van der Waals surface area contributed by atoms with Gasteiger partial charge in [-0.2, -0.15) is 13.2 Å². The molecule has 0 bridgehead atoms. The number of aromatic amines is 1. The van der Waals surface area contributed by atoms with Crippen LogP contribution in [0.3, 0.4) is 0 Å². The fraction of sp³-hybridized carbons (Fsp3) is 0.458. The van der Waals surface area contributed by atoms with E-state index < -0.39 is 18.9 Å². The van der Waals surface area contributed by atoms with Gasteiger partial charge in [0.25, 0.3) is 0 Å². The Morgan fingerprint density at radius 2 is 1.94 bits per heavy atom. The van der Waals surface area contributed by atoms with E-state index in [1.54, 1.807) is 12.1 Å². The molecule has 3 heterocycles. The summed E-state index contributed by atoms with van der Waals surface area (Å²) in [6, 6.07) is 7.70. The van der Waals surface area contributed by atoms with Crippen molar-refractivity contribution in [1.82, 2.24) is 14.9 Å². The van der Waals surface area contributed by atoms with Gasteiger partial charge in [0.1, 0.15) is 24.4 Å². The quantitative estimate of drug-likeness (QED) is 0.380. The number of fused-ring (bicyclic) bond motifs is 1. The molecule has 5 rings (SSSR count). The lowest BCUT2D eigenvalue weighted by Gasteiger charge is -2.32. The van der Waals surface area contributed by atoms with Crippen molar-refractivity contribution in [3.63, 3.8) is 0 Å². The van der Waals surface area contributed by atoms with Gasteiger partial charge in [-0.25, -0.2) is 4.98 Å². The van der Waals surface area contributed by atoms with Crippen LogP contribution in [-0.4, -0.2) is 60.0 Å². The van der Waals surface area contributed by atoms with Gasteiger partial charge in [0.2, 0.25) is 0 Å². The average Bonchev–Trinajstić information content (AvgIpc) is 3.57. The smallest absolute Gasteiger partial charge is 0.418 e. The molecule has 2 aromatic heterocycles. The number of H-pyrrole nitrogens is 1. The molecule has 1 saturated heterocycles. The number of rotatable bonds is 7. The van der Waals surface area contributed by atoms with Crippen molar-refractivity contribution < 1.29 is 22.5 Å². The maximum absolute atomic E-state index is 13.7. The summed E-state index contributed by atoms with van der Waals surface area (Å²) in [5.74, 6) is 0.871. The molecule has 1 aliphatic carbocycles. The minimum absolute atomic E-state index is 0.00264. The number of anilines is 3. The van der Waals surface area contributed by atoms with Gasteiger partial charge in [-0.1, -0.05) is 0 Å². The van der Waals surface area contributed by atoms with Crippen LogP contribution < -0.4 is 20.7 Å². The zero-order valence-electron chi connectivity index (χ0n) is 19.7. The Morgan fingerprint density at radius 3 is 2.57 bits per heavy atom. The molecule has 0 amide bonds. The highest BCUT2D eigenvalue weighted by Crippen LogP contribution is 2.49. The van der Waals surface area contributed by atoms with Crippen molar-refractivity contribution in [2.24, 2.45) is 0 Å². The lowest BCUT2D eigenvalue weighted by Crippen LogP contribution is -2.38. The van der Waals surface area contributed by atoms with Crippen molar-refractivity contribution in [3.8, 4) is 5.75 Å². The predicted octanol–water partition coefficient (Wildman–Crippen LogP) is 5.23. The normalized spacial score (nSPS) is 18.5. The first-order valence-electron chi connectivity index (χ1n) is 11.8. The first-order valence-corrected chi connectivity index (χ1v) is 13.9. The van der Waals surface area contributed by atoms with Crippen LogP contribution in [0.2, 0.25) is 0 Å². The molecule has 0 unspecified atom stereocenters. The molecule has 7 nitrogen and oxygen atoms in total. The largest absolute Gasteiger partial charge is 0.495 e. The van der Waals surface area contributed by atoms with Crippen LogP contribution in [-0.2, 0) is 10.7 Å². The van der Waals surface area contributed by atoms with Gasteiger partial charge < -0.3 is 24.9 Å². The van der Waals surface area contributed by atoms with Gasteiger partial charge in [0, 0.05) is 61.3 Å². The van der Waals surface area contributed by atoms with E-state index in [1.165, 1.54) is 20.0 Å². The van der Waals surface area contributed by atoms with Gasteiger partial charge in [-0.05, 0) is 38.0 Å². The second-order valence-electron chi connectivity index (χ2n) is 9.12. The summed E-state index contributed by atoms with van der Waals surface area (Å²) in [5.41, 5.74) is 0.287. The van der Waals surface area contributed by atoms with Crippen molar-refractivity contribution >= 4 is 40.7 Å². The van der Waals surface area contributed by atoms with E-state index in [-0.39, 0.29) is 11.0 Å². The molecule has 188 valence electrons. The fourth-order valence-electron chi connectivity index (χ4n) is 4.79. The van der Waals surface area contributed by atoms with Crippen molar-refractivity contribution in [3.05, 3.63) is 36.0 Å². The second kappa shape index (κ2) is 9.06. The van der Waals surface area contributed by atoms with E-state index >= 15 is 0 Å². The molecule has 3 aromatic rings. The van der Waals surface area contributed by atoms with E-state index in [9.17, 15) is 17.7 Å². The maximum atomic E-state index is 13.7. The number of aromatic nitrogens is 2. The summed E-state index contributed by atoms with van der Waals surface area (Å²) >= 11 is 0. The van der Waals surface area contributed by atoms with Crippen LogP contribution in [0.15, 0.2) is 30.5 Å². The fourth-order valence-corrected chi connectivity index (χ4v) is 7.39. The summed E-state index contributed by atoms with van der Waals surface area (Å²) in [6.45, 7) is 3.99. The third-order valence-corrected chi connectivity index (χ3v) is 9.86. The number of nitrogens with zero attached hydrogens (tertiary/aromatic N) is 2. The van der Waals surface area contributed by atoms with Crippen LogP contribution >= 0.6 is 7.14 Å². The molecule has 2 fully saturated rings. The van der Waals surface area contributed by atoms with Gasteiger partial charge in [-0.3, -0.25) is 4.90 Å². The number of hydrogen-bond acceptors (Lipinski definition) is 6. The molecule has 11 heteroatoms. The predicted molar refractivity (Wildman–Crippen MR) is 133 cm³/mol. The second-order valence-corrected chi connectivity index (χ2v) is 12.3. The average molecular weight is 507 g/mol. The Hall–Kier alpha value is -2.71. The third-order valence-electron chi connectivity index (χ3n) is 6.79. The minimum atomic E-state index is -4.50. The lowest BCUT2D eigenvalue weighted by molar-refractivity contribution is -0.136. The summed E-state index contributed by atoms with van der Waals surface area (Å²) < 4.78 is 59.7. The Labute approximate surface area is 201 Å². The molecule has 0 atom stereocenters. The molecule has 35 heavy (non-hydrogen) atoms. The summed E-state index contributed by atoms with van der Waals surface area (Å²) in [4.78, 5) is 9.44. The number of nitrogens with one attached hydrogen (secondary N) is 3. The SMILES string of the molecule is CCNc1cc(Nc2ccc(P3(=O)CCN(C4CC4)CC3)cc2OC)nc2[nH]cc(C(F)(F)F)c12. The third kappa shape index (κ3) is 4.74. The Bertz CT molecular complexity index is 1280. The van der Waals surface area contributed by atoms with Crippen molar-refractivity contribution in [2.45, 2.75) is 32.0 Å². The standard InChI is InChI=1S/C24H29F3N5O2P/c1-3-28-19-13-21(31-23-22(19)17(14-29-23)24(25,26)27)30-18-7-6-16(12-20(18)34-2)35(33)10-8-32(9-11-35)15-4-5-15/h6-7,12-15H,3-5,8-11H2,1-2H3,(H3,28,29,30,31). The van der Waals surface area contributed by atoms with E-state index in [0.29, 0.717) is 47.9 Å². The molecular weight excluding hydrogens is 478 g/mol. The molecule has 1 saturated carbocycles. The molecule has 1 aliphatic heterocycles. The zero-order valence-corrected chi connectivity index (χ0v) is 20.6. The van der Waals surface area contributed by atoms with Crippen LogP contribution in [0, 0.1) is 0 Å². The zero-order chi connectivity index (χ0) is 24.8. The van der Waals surface area contributed by atoms with Crippen LogP contribution in [0.1, 0.15) is 25.3 Å². The number of benzene rings is 1. The molecule has 0 spiro atoms. The van der Waals surface area contributed by atoms with Crippen LogP contribution in [0.25, 0.3) is 11.0 Å².